The zero-order chi connectivity index (χ0) is 50.6. The summed E-state index contributed by atoms with van der Waals surface area (Å²) in [6.45, 7) is 13.6. The molecular weight excluding hydrogens is 909 g/mol. The van der Waals surface area contributed by atoms with Gasteiger partial charge in [-0.15, -0.1) is 0 Å². The Hall–Kier alpha value is -0.240. The van der Waals surface area contributed by atoms with Crippen LogP contribution in [0.4, 0.5) is 0 Å². The van der Waals surface area contributed by atoms with Crippen molar-refractivity contribution in [1.29, 1.82) is 0 Å². The number of hydrogen-bond acceptors (Lipinski definition) is 6. The van der Waals surface area contributed by atoms with E-state index < -0.39 is 0 Å². The van der Waals surface area contributed by atoms with Gasteiger partial charge in [0.2, 0.25) is 0 Å². The van der Waals surface area contributed by atoms with Crippen molar-refractivity contribution in [3.8, 4) is 0 Å². The molecule has 10 aliphatic carbocycles. The van der Waals surface area contributed by atoms with Crippen LogP contribution in [0.3, 0.4) is 0 Å². The van der Waals surface area contributed by atoms with E-state index in [2.05, 4.69) is 37.5 Å². The summed E-state index contributed by atoms with van der Waals surface area (Å²) in [5.41, 5.74) is 0. The van der Waals surface area contributed by atoms with Crippen molar-refractivity contribution >= 4 is 0 Å². The van der Waals surface area contributed by atoms with Gasteiger partial charge in [-0.25, -0.2) is 0 Å². The second-order valence-electron chi connectivity index (χ2n) is 28.8. The standard InChI is InChI=1S/C68H120N2O4/c1-5-7-45-71-59-33-17-51(18-34-59)11-9-47-73-61-37-29-57(30-38-61)69(55-25-13-49(3)14-26-55)65-43-23-53-22-42-64-66(44-24-54-21-41-63(65)67(53)68(54)64)70(56-27-15-50(4)16-28-56)58-31-39-62(40-32-58)74-48-10-12-52-19-35-60(36-20-52)72-46-8-6-2/h49-68H,5-48H2,1-4H3. The molecule has 8 atom stereocenters. The smallest absolute Gasteiger partial charge is 0.0576 e. The quantitative estimate of drug-likeness (QED) is 0.0898. The van der Waals surface area contributed by atoms with E-state index in [-0.39, 0.29) is 0 Å². The summed E-state index contributed by atoms with van der Waals surface area (Å²) in [6, 6.07) is 4.96. The Bertz CT molecular complexity index is 1430. The number of unbranched alkanes of at least 4 members (excludes halogenated alkanes) is 2. The molecule has 0 aromatic carbocycles. The van der Waals surface area contributed by atoms with Gasteiger partial charge in [0, 0.05) is 62.7 Å². The Morgan fingerprint density at radius 2 is 0.608 bits per heavy atom. The Labute approximate surface area is 457 Å². The zero-order valence-electron chi connectivity index (χ0n) is 49.2. The predicted octanol–water partition coefficient (Wildman–Crippen LogP) is 17.3. The first-order chi connectivity index (χ1) is 36.4. The van der Waals surface area contributed by atoms with Gasteiger partial charge in [-0.1, -0.05) is 40.5 Å². The number of rotatable bonds is 24. The molecule has 0 aromatic heterocycles. The molecule has 10 aliphatic rings. The molecule has 0 bridgehead atoms. The second kappa shape index (κ2) is 29.0. The highest BCUT2D eigenvalue weighted by Gasteiger charge is 2.58. The molecule has 6 nitrogen and oxygen atoms in total. The molecule has 0 heterocycles. The average Bonchev–Trinajstić information content (AvgIpc) is 3.44. The lowest BCUT2D eigenvalue weighted by atomic mass is 9.46. The van der Waals surface area contributed by atoms with Crippen molar-refractivity contribution in [1.82, 2.24) is 9.80 Å². The average molecular weight is 1030 g/mol. The molecule has 426 valence electrons. The third-order valence-corrected chi connectivity index (χ3v) is 24.1. The third-order valence-electron chi connectivity index (χ3n) is 24.1. The first-order valence-corrected chi connectivity index (χ1v) is 34.4. The van der Waals surface area contributed by atoms with E-state index in [0.717, 1.165) is 122 Å². The first kappa shape index (κ1) is 57.0. The lowest BCUT2D eigenvalue weighted by Gasteiger charge is -2.64. The Kier molecular flexibility index (Phi) is 22.3. The molecule has 10 rings (SSSR count). The molecule has 0 radical (unpaired) electrons. The molecule has 74 heavy (non-hydrogen) atoms. The Morgan fingerprint density at radius 1 is 0.311 bits per heavy atom. The molecule has 0 saturated heterocycles. The van der Waals surface area contributed by atoms with Crippen molar-refractivity contribution in [2.75, 3.05) is 26.4 Å². The molecule has 10 fully saturated rings. The predicted molar refractivity (Wildman–Crippen MR) is 308 cm³/mol. The van der Waals surface area contributed by atoms with Crippen LogP contribution in [-0.4, -0.2) is 96.9 Å². The zero-order valence-corrected chi connectivity index (χ0v) is 49.2. The number of ether oxygens (including phenoxy) is 4. The summed E-state index contributed by atoms with van der Waals surface area (Å²) in [5.74, 6) is 9.62. The molecule has 0 aromatic rings. The molecule has 0 N–H and O–H groups in total. The van der Waals surface area contributed by atoms with Crippen molar-refractivity contribution in [2.24, 2.45) is 59.2 Å². The monoisotopic (exact) mass is 1030 g/mol. The van der Waals surface area contributed by atoms with E-state index in [0.29, 0.717) is 24.4 Å². The van der Waals surface area contributed by atoms with Crippen LogP contribution in [0.2, 0.25) is 0 Å². The minimum atomic E-state index is 0.505. The highest BCUT2D eigenvalue weighted by molar-refractivity contribution is 5.10. The maximum Gasteiger partial charge on any atom is 0.0576 e. The summed E-state index contributed by atoms with van der Waals surface area (Å²) in [6.07, 6.45) is 57.8. The maximum atomic E-state index is 6.79. The summed E-state index contributed by atoms with van der Waals surface area (Å²) < 4.78 is 26.0. The number of hydrogen-bond donors (Lipinski definition) is 0. The SMILES string of the molecule is CCCCOC1CCC(CCCOC2CCC(N(C3CCC(C)CC3)C3CCC4CCC5C6C(CCC3C46)CCC5N(C3CCC(C)CC3)C3CCC(OCCCC4CCC(OCCCC)CC4)CC3)CC2)CC1. The third kappa shape index (κ3) is 14.8. The number of nitrogens with zero attached hydrogens (tertiary/aromatic N) is 2. The van der Waals surface area contributed by atoms with Gasteiger partial charge >= 0.3 is 0 Å². The van der Waals surface area contributed by atoms with Crippen LogP contribution in [0.25, 0.3) is 0 Å². The van der Waals surface area contributed by atoms with Crippen LogP contribution in [-0.2, 0) is 18.9 Å². The van der Waals surface area contributed by atoms with E-state index in [9.17, 15) is 0 Å². The molecule has 10 saturated carbocycles. The first-order valence-electron chi connectivity index (χ1n) is 34.4. The van der Waals surface area contributed by atoms with Crippen LogP contribution in [0.15, 0.2) is 0 Å². The fourth-order valence-electron chi connectivity index (χ4n) is 20.0. The molecule has 8 unspecified atom stereocenters. The van der Waals surface area contributed by atoms with Crippen LogP contribution in [0, 0.1) is 59.2 Å². The van der Waals surface area contributed by atoms with Gasteiger partial charge in [-0.2, -0.15) is 0 Å². The van der Waals surface area contributed by atoms with Crippen molar-refractivity contribution < 1.29 is 18.9 Å². The molecule has 0 amide bonds. The Balaban J connectivity index is 0.740. The van der Waals surface area contributed by atoms with E-state index in [4.69, 9.17) is 18.9 Å². The highest BCUT2D eigenvalue weighted by Crippen LogP contribution is 2.62. The minimum Gasteiger partial charge on any atom is -0.378 e. The van der Waals surface area contributed by atoms with Crippen LogP contribution in [0.5, 0.6) is 0 Å². The molecule has 0 spiro atoms. The van der Waals surface area contributed by atoms with Crippen LogP contribution >= 0.6 is 0 Å². The van der Waals surface area contributed by atoms with Gasteiger partial charge in [-0.3, -0.25) is 9.80 Å². The van der Waals surface area contributed by atoms with Crippen LogP contribution in [0.1, 0.15) is 285 Å². The highest BCUT2D eigenvalue weighted by atomic mass is 16.5. The van der Waals surface area contributed by atoms with Gasteiger partial charge in [0.25, 0.3) is 0 Å². The normalized spacial score (nSPS) is 43.1. The van der Waals surface area contributed by atoms with E-state index in [1.165, 1.54) is 218 Å². The van der Waals surface area contributed by atoms with Crippen LogP contribution < -0.4 is 0 Å². The lowest BCUT2D eigenvalue weighted by molar-refractivity contribution is -0.151. The fraction of sp³-hybridized carbons (Fsp3) is 1.00. The minimum absolute atomic E-state index is 0.505. The van der Waals surface area contributed by atoms with Gasteiger partial charge in [0.15, 0.2) is 0 Å². The van der Waals surface area contributed by atoms with E-state index in [1.807, 2.05) is 0 Å². The summed E-state index contributed by atoms with van der Waals surface area (Å²) in [4.78, 5) is 6.75. The van der Waals surface area contributed by atoms with Gasteiger partial charge in [0.1, 0.15) is 0 Å². The van der Waals surface area contributed by atoms with Crippen molar-refractivity contribution in [3.05, 3.63) is 0 Å². The van der Waals surface area contributed by atoms with E-state index in [1.54, 1.807) is 38.5 Å². The van der Waals surface area contributed by atoms with E-state index >= 15 is 0 Å². The van der Waals surface area contributed by atoms with Gasteiger partial charge in [0.05, 0.1) is 24.4 Å². The van der Waals surface area contributed by atoms with Crippen molar-refractivity contribution in [2.45, 2.75) is 345 Å². The van der Waals surface area contributed by atoms with Gasteiger partial charge < -0.3 is 18.9 Å². The van der Waals surface area contributed by atoms with Gasteiger partial charge in [-0.05, 0) is 303 Å². The second-order valence-corrected chi connectivity index (χ2v) is 28.8. The fourth-order valence-corrected chi connectivity index (χ4v) is 20.0. The topological polar surface area (TPSA) is 43.4 Å². The lowest BCUT2D eigenvalue weighted by Crippen LogP contribution is -2.64. The largest absolute Gasteiger partial charge is 0.378 e. The Morgan fingerprint density at radius 3 is 0.946 bits per heavy atom. The molecule has 0 aliphatic heterocycles. The molecule has 6 heteroatoms. The summed E-state index contributed by atoms with van der Waals surface area (Å²) in [7, 11) is 0. The summed E-state index contributed by atoms with van der Waals surface area (Å²) in [5, 5.41) is 0. The molecular formula is C68H120N2O4. The maximum absolute atomic E-state index is 6.79. The van der Waals surface area contributed by atoms with Crippen molar-refractivity contribution in [3.63, 3.8) is 0 Å². The summed E-state index contributed by atoms with van der Waals surface area (Å²) >= 11 is 0.